The number of rotatable bonds is 5. The summed E-state index contributed by atoms with van der Waals surface area (Å²) in [6.07, 6.45) is 6.26. The minimum Gasteiger partial charge on any atom is -0.388 e. The molecule has 1 aliphatic carbocycles. The summed E-state index contributed by atoms with van der Waals surface area (Å²) in [5.74, 6) is 1.16. The van der Waals surface area contributed by atoms with Gasteiger partial charge in [-0.1, -0.05) is 23.8 Å². The standard InChI is InChI=1S/C19H19N5O2S/c1-12-5-2-9-15(21-12)23-19(25)26-16-18(22-14-8-4-10-20-11-14)27-17(24-16)13-6-3-7-13/h2,4-5,8-11,13,22H,3,6-7H2,1H3,(H,21,23,25). The topological polar surface area (TPSA) is 89.0 Å². The Bertz CT molecular complexity index is 940. The van der Waals surface area contributed by atoms with Gasteiger partial charge in [0.1, 0.15) is 10.8 Å². The fraction of sp³-hybridized carbons (Fsp3) is 0.263. The highest BCUT2D eigenvalue weighted by Crippen LogP contribution is 2.43. The van der Waals surface area contributed by atoms with Gasteiger partial charge in [0.25, 0.3) is 5.88 Å². The molecule has 4 rings (SSSR count). The van der Waals surface area contributed by atoms with E-state index in [2.05, 4.69) is 25.6 Å². The van der Waals surface area contributed by atoms with Crippen molar-refractivity contribution in [1.82, 2.24) is 15.0 Å². The molecule has 0 aromatic carbocycles. The number of anilines is 3. The smallest absolute Gasteiger partial charge is 0.388 e. The van der Waals surface area contributed by atoms with E-state index in [0.717, 1.165) is 29.2 Å². The second-order valence-corrected chi connectivity index (χ2v) is 7.39. The number of carbonyl (C=O) groups is 1. The van der Waals surface area contributed by atoms with Crippen molar-refractivity contribution in [2.45, 2.75) is 32.1 Å². The van der Waals surface area contributed by atoms with Gasteiger partial charge in [-0.05, 0) is 44.0 Å². The molecular weight excluding hydrogens is 362 g/mol. The molecule has 3 aromatic heterocycles. The third-order valence-electron chi connectivity index (χ3n) is 4.29. The number of thiazole rings is 1. The maximum Gasteiger partial charge on any atom is 0.419 e. The van der Waals surface area contributed by atoms with Gasteiger partial charge >= 0.3 is 6.09 Å². The van der Waals surface area contributed by atoms with Crippen molar-refractivity contribution >= 4 is 33.9 Å². The normalized spacial score (nSPS) is 13.7. The van der Waals surface area contributed by atoms with Crippen LogP contribution in [0, 0.1) is 6.92 Å². The van der Waals surface area contributed by atoms with Gasteiger partial charge in [0, 0.05) is 17.8 Å². The third-order valence-corrected chi connectivity index (χ3v) is 5.41. The molecule has 7 nitrogen and oxygen atoms in total. The van der Waals surface area contributed by atoms with Crippen molar-refractivity contribution in [2.75, 3.05) is 10.6 Å². The Labute approximate surface area is 160 Å². The predicted molar refractivity (Wildman–Crippen MR) is 105 cm³/mol. The Kier molecular flexibility index (Phi) is 4.97. The minimum absolute atomic E-state index is 0.274. The fourth-order valence-corrected chi connectivity index (χ4v) is 3.78. The quantitative estimate of drug-likeness (QED) is 0.656. The van der Waals surface area contributed by atoms with Crippen molar-refractivity contribution in [1.29, 1.82) is 0 Å². The lowest BCUT2D eigenvalue weighted by Crippen LogP contribution is -2.18. The van der Waals surface area contributed by atoms with E-state index in [0.29, 0.717) is 16.7 Å². The lowest BCUT2D eigenvalue weighted by molar-refractivity contribution is 0.213. The Morgan fingerprint density at radius 1 is 1.22 bits per heavy atom. The third kappa shape index (κ3) is 4.22. The fourth-order valence-electron chi connectivity index (χ4n) is 2.70. The van der Waals surface area contributed by atoms with E-state index in [9.17, 15) is 4.79 Å². The second-order valence-electron chi connectivity index (χ2n) is 6.36. The van der Waals surface area contributed by atoms with Crippen molar-refractivity contribution in [2.24, 2.45) is 0 Å². The van der Waals surface area contributed by atoms with Crippen molar-refractivity contribution in [3.63, 3.8) is 0 Å². The average Bonchev–Trinajstić information content (AvgIpc) is 2.95. The molecular formula is C19H19N5O2S. The Balaban J connectivity index is 1.52. The van der Waals surface area contributed by atoms with Crippen molar-refractivity contribution < 1.29 is 9.53 Å². The summed E-state index contributed by atoms with van der Waals surface area (Å²) in [5.41, 5.74) is 1.62. The summed E-state index contributed by atoms with van der Waals surface area (Å²) in [6, 6.07) is 9.13. The minimum atomic E-state index is -0.618. The van der Waals surface area contributed by atoms with E-state index in [1.54, 1.807) is 18.5 Å². The molecule has 0 bridgehead atoms. The van der Waals surface area contributed by atoms with Gasteiger partial charge in [0.05, 0.1) is 11.9 Å². The summed E-state index contributed by atoms with van der Waals surface area (Å²) in [5, 5.41) is 7.57. The number of hydrogen-bond acceptors (Lipinski definition) is 7. The van der Waals surface area contributed by atoms with Gasteiger partial charge in [-0.15, -0.1) is 0 Å². The number of carbonyl (C=O) groups excluding carboxylic acids is 1. The summed E-state index contributed by atoms with van der Waals surface area (Å²) >= 11 is 1.52. The van der Waals surface area contributed by atoms with Gasteiger partial charge in [0.2, 0.25) is 0 Å². The van der Waals surface area contributed by atoms with Crippen LogP contribution in [0.15, 0.2) is 42.7 Å². The molecule has 0 unspecified atom stereocenters. The molecule has 0 atom stereocenters. The molecule has 0 spiro atoms. The van der Waals surface area contributed by atoms with E-state index in [1.165, 1.54) is 17.8 Å². The molecule has 0 saturated heterocycles. The van der Waals surface area contributed by atoms with Crippen LogP contribution in [0.4, 0.5) is 21.3 Å². The summed E-state index contributed by atoms with van der Waals surface area (Å²) in [7, 11) is 0. The second kappa shape index (κ2) is 7.71. The van der Waals surface area contributed by atoms with Crippen molar-refractivity contribution in [3.05, 3.63) is 53.4 Å². The first-order valence-electron chi connectivity index (χ1n) is 8.77. The Morgan fingerprint density at radius 2 is 2.11 bits per heavy atom. The van der Waals surface area contributed by atoms with Crippen LogP contribution in [0.5, 0.6) is 5.88 Å². The lowest BCUT2D eigenvalue weighted by Gasteiger charge is -2.22. The van der Waals surface area contributed by atoms with Crippen LogP contribution in [-0.2, 0) is 0 Å². The zero-order valence-corrected chi connectivity index (χ0v) is 15.6. The van der Waals surface area contributed by atoms with Gasteiger partial charge in [-0.25, -0.2) is 14.8 Å². The van der Waals surface area contributed by atoms with E-state index in [-0.39, 0.29) is 5.88 Å². The molecule has 1 fully saturated rings. The number of hydrogen-bond donors (Lipinski definition) is 2. The summed E-state index contributed by atoms with van der Waals surface area (Å²) in [4.78, 5) is 25.2. The number of nitrogens with one attached hydrogen (secondary N) is 2. The predicted octanol–water partition coefficient (Wildman–Crippen LogP) is 4.86. The molecule has 138 valence electrons. The SMILES string of the molecule is Cc1cccc(NC(=O)Oc2nc(C3CCC3)sc2Nc2cccnc2)n1. The largest absolute Gasteiger partial charge is 0.419 e. The number of ether oxygens (including phenoxy) is 1. The van der Waals surface area contributed by atoms with Crippen LogP contribution in [0.1, 0.15) is 35.9 Å². The highest BCUT2D eigenvalue weighted by molar-refractivity contribution is 7.16. The zero-order chi connectivity index (χ0) is 18.6. The molecule has 3 aromatic rings. The summed E-state index contributed by atoms with van der Waals surface area (Å²) < 4.78 is 5.49. The average molecular weight is 381 g/mol. The first kappa shape index (κ1) is 17.4. The first-order chi connectivity index (χ1) is 13.2. The molecule has 1 aliphatic rings. The Hall–Kier alpha value is -3.00. The van der Waals surface area contributed by atoms with Gasteiger partial charge < -0.3 is 10.1 Å². The molecule has 0 radical (unpaired) electrons. The Morgan fingerprint density at radius 3 is 2.81 bits per heavy atom. The van der Waals surface area contributed by atoms with E-state index in [1.807, 2.05) is 31.2 Å². The van der Waals surface area contributed by atoms with E-state index >= 15 is 0 Å². The van der Waals surface area contributed by atoms with Crippen LogP contribution in [0.25, 0.3) is 0 Å². The van der Waals surface area contributed by atoms with Crippen molar-refractivity contribution in [3.8, 4) is 5.88 Å². The number of pyridine rings is 2. The maximum absolute atomic E-state index is 12.3. The monoisotopic (exact) mass is 381 g/mol. The summed E-state index contributed by atoms with van der Waals surface area (Å²) in [6.45, 7) is 1.86. The van der Waals surface area contributed by atoms with Crippen LogP contribution in [0.3, 0.4) is 0 Å². The van der Waals surface area contributed by atoms with E-state index in [4.69, 9.17) is 4.74 Å². The lowest BCUT2D eigenvalue weighted by atomic mass is 9.86. The number of nitrogens with zero attached hydrogens (tertiary/aromatic N) is 3. The first-order valence-corrected chi connectivity index (χ1v) is 9.59. The number of aromatic nitrogens is 3. The van der Waals surface area contributed by atoms with Gasteiger partial charge in [-0.3, -0.25) is 10.3 Å². The number of amides is 1. The van der Waals surface area contributed by atoms with E-state index < -0.39 is 6.09 Å². The van der Waals surface area contributed by atoms with Crippen LogP contribution < -0.4 is 15.4 Å². The molecule has 2 N–H and O–H groups in total. The van der Waals surface area contributed by atoms with Crippen LogP contribution in [-0.4, -0.2) is 21.0 Å². The zero-order valence-electron chi connectivity index (χ0n) is 14.8. The highest BCUT2D eigenvalue weighted by atomic mass is 32.1. The highest BCUT2D eigenvalue weighted by Gasteiger charge is 2.26. The molecule has 27 heavy (non-hydrogen) atoms. The molecule has 1 saturated carbocycles. The molecule has 3 heterocycles. The van der Waals surface area contributed by atoms with Gasteiger partial charge in [-0.2, -0.15) is 0 Å². The molecule has 0 aliphatic heterocycles. The maximum atomic E-state index is 12.3. The van der Waals surface area contributed by atoms with Crippen LogP contribution in [0.2, 0.25) is 0 Å². The number of aryl methyl sites for hydroxylation is 1. The van der Waals surface area contributed by atoms with Crippen LogP contribution >= 0.6 is 11.3 Å². The molecule has 1 amide bonds. The van der Waals surface area contributed by atoms with Gasteiger partial charge in [0.15, 0.2) is 5.00 Å². The molecule has 8 heteroatoms.